The molecule has 7 heteroatoms. The second-order valence-electron chi connectivity index (χ2n) is 9.06. The number of hydrogen-bond acceptors (Lipinski definition) is 7. The first-order valence-corrected chi connectivity index (χ1v) is 10.8. The van der Waals surface area contributed by atoms with Gasteiger partial charge in [-0.3, -0.25) is 0 Å². The molecule has 4 fully saturated rings. The highest BCUT2D eigenvalue weighted by Gasteiger charge is 2.55. The van der Waals surface area contributed by atoms with Crippen LogP contribution < -0.4 is 5.73 Å². The monoisotopic (exact) mass is 409 g/mol. The quantitative estimate of drug-likeness (QED) is 0.699. The normalized spacial score (nSPS) is 46.5. The Morgan fingerprint density at radius 2 is 1.79 bits per heavy atom. The largest absolute Gasteiger partial charge is 0.371 e. The maximum atomic E-state index is 6.74. The van der Waals surface area contributed by atoms with Crippen molar-refractivity contribution >= 4 is 0 Å². The summed E-state index contributed by atoms with van der Waals surface area (Å²) in [6.45, 7) is 12.5. The summed E-state index contributed by atoms with van der Waals surface area (Å²) in [4.78, 5) is 0. The highest BCUT2D eigenvalue weighted by molar-refractivity contribution is 5.03. The van der Waals surface area contributed by atoms with E-state index in [0.29, 0.717) is 32.5 Å². The Morgan fingerprint density at radius 1 is 1.03 bits per heavy atom. The summed E-state index contributed by atoms with van der Waals surface area (Å²) in [7, 11) is 0. The zero-order valence-electron chi connectivity index (χ0n) is 17.6. The third kappa shape index (κ3) is 4.46. The van der Waals surface area contributed by atoms with E-state index in [1.54, 1.807) is 6.08 Å². The molecule has 7 nitrogen and oxygen atoms in total. The van der Waals surface area contributed by atoms with Crippen LogP contribution in [-0.4, -0.2) is 67.5 Å². The second-order valence-corrected chi connectivity index (χ2v) is 9.06. The molecule has 2 N–H and O–H groups in total. The third-order valence-corrected chi connectivity index (χ3v) is 6.41. The lowest BCUT2D eigenvalue weighted by Gasteiger charge is -2.53. The summed E-state index contributed by atoms with van der Waals surface area (Å²) in [6, 6.07) is 0. The zero-order valence-corrected chi connectivity index (χ0v) is 17.6. The van der Waals surface area contributed by atoms with Crippen molar-refractivity contribution in [3.8, 4) is 0 Å². The number of ether oxygens (including phenoxy) is 6. The van der Waals surface area contributed by atoms with Crippen molar-refractivity contribution in [2.75, 3.05) is 13.2 Å². The van der Waals surface area contributed by atoms with E-state index in [-0.39, 0.29) is 42.7 Å². The molecule has 0 aromatic carbocycles. The van der Waals surface area contributed by atoms with Crippen LogP contribution in [0.1, 0.15) is 46.0 Å². The van der Waals surface area contributed by atoms with Gasteiger partial charge in [0.1, 0.15) is 17.9 Å². The van der Waals surface area contributed by atoms with Gasteiger partial charge >= 0.3 is 0 Å². The molecule has 4 aliphatic heterocycles. The summed E-state index contributed by atoms with van der Waals surface area (Å²) >= 11 is 0. The molecule has 0 aliphatic carbocycles. The Labute approximate surface area is 173 Å². The Kier molecular flexibility index (Phi) is 6.19. The second kappa shape index (κ2) is 8.38. The fraction of sp³-hybridized carbons (Fsp3) is 0.818. The molecule has 4 saturated heterocycles. The molecule has 0 bridgehead atoms. The molecular weight excluding hydrogens is 374 g/mol. The molecule has 164 valence electrons. The van der Waals surface area contributed by atoms with Crippen molar-refractivity contribution in [1.82, 2.24) is 0 Å². The van der Waals surface area contributed by atoms with Crippen molar-refractivity contribution in [2.45, 2.75) is 100 Å². The molecule has 0 saturated carbocycles. The van der Waals surface area contributed by atoms with Crippen LogP contribution in [0.15, 0.2) is 25.3 Å². The van der Waals surface area contributed by atoms with E-state index in [1.165, 1.54) is 0 Å². The van der Waals surface area contributed by atoms with Crippen LogP contribution in [0.5, 0.6) is 0 Å². The van der Waals surface area contributed by atoms with E-state index in [1.807, 2.05) is 19.9 Å². The fourth-order valence-electron chi connectivity index (χ4n) is 5.00. The van der Waals surface area contributed by atoms with Gasteiger partial charge in [-0.15, -0.1) is 13.2 Å². The minimum absolute atomic E-state index is 0.00167. The molecule has 0 amide bonds. The van der Waals surface area contributed by atoms with Gasteiger partial charge in [0.25, 0.3) is 0 Å². The highest BCUT2D eigenvalue weighted by atomic mass is 16.7. The number of fused-ring (bicyclic) bond motifs is 3. The lowest BCUT2D eigenvalue weighted by atomic mass is 9.84. The Hall–Kier alpha value is -0.800. The third-order valence-electron chi connectivity index (χ3n) is 6.41. The average Bonchev–Trinajstić information content (AvgIpc) is 2.82. The highest BCUT2D eigenvalue weighted by Crippen LogP contribution is 2.43. The standard InChI is InChI=1S/C22H35NO6/c1-5-7-14-18(24-10-6-2)12-22(23)20(27-14)11-17-15(29-22)8-9-16-19(26-17)13-25-21(3,4)28-16/h5-6,14-20H,1-2,7-13,23H2,3-4H3/t14?,15-,16+,17?,18-,19?,20?,22+/m1/s1. The molecule has 4 heterocycles. The first-order valence-electron chi connectivity index (χ1n) is 10.8. The Balaban J connectivity index is 1.48. The molecule has 0 aromatic rings. The van der Waals surface area contributed by atoms with E-state index >= 15 is 0 Å². The van der Waals surface area contributed by atoms with E-state index in [0.717, 1.165) is 12.8 Å². The van der Waals surface area contributed by atoms with E-state index < -0.39 is 11.5 Å². The lowest BCUT2D eigenvalue weighted by molar-refractivity contribution is -0.327. The van der Waals surface area contributed by atoms with Crippen LogP contribution in [0.2, 0.25) is 0 Å². The summed E-state index contributed by atoms with van der Waals surface area (Å²) in [5.41, 5.74) is 5.85. The van der Waals surface area contributed by atoms with Crippen LogP contribution in [0.4, 0.5) is 0 Å². The summed E-state index contributed by atoms with van der Waals surface area (Å²) in [5, 5.41) is 0. The molecule has 0 radical (unpaired) electrons. The topological polar surface area (TPSA) is 81.4 Å². The van der Waals surface area contributed by atoms with Gasteiger partial charge in [0.05, 0.1) is 43.7 Å². The maximum absolute atomic E-state index is 6.74. The number of nitrogens with two attached hydrogens (primary N) is 1. The predicted molar refractivity (Wildman–Crippen MR) is 107 cm³/mol. The van der Waals surface area contributed by atoms with Crippen LogP contribution in [0, 0.1) is 0 Å². The summed E-state index contributed by atoms with van der Waals surface area (Å²) in [6.07, 6.45) is 6.47. The van der Waals surface area contributed by atoms with E-state index in [9.17, 15) is 0 Å². The molecule has 4 unspecified atom stereocenters. The van der Waals surface area contributed by atoms with Crippen molar-refractivity contribution in [3.05, 3.63) is 25.3 Å². The molecule has 0 spiro atoms. The van der Waals surface area contributed by atoms with Gasteiger partial charge in [-0.05, 0) is 33.1 Å². The van der Waals surface area contributed by atoms with Gasteiger partial charge in [-0.25, -0.2) is 0 Å². The van der Waals surface area contributed by atoms with Gasteiger partial charge in [0.15, 0.2) is 5.79 Å². The van der Waals surface area contributed by atoms with E-state index in [2.05, 4.69) is 13.2 Å². The summed E-state index contributed by atoms with van der Waals surface area (Å²) in [5.74, 6) is -0.583. The lowest BCUT2D eigenvalue weighted by Crippen LogP contribution is -2.68. The first-order chi connectivity index (χ1) is 13.8. The van der Waals surface area contributed by atoms with Crippen LogP contribution in [0.25, 0.3) is 0 Å². The van der Waals surface area contributed by atoms with Crippen LogP contribution in [0.3, 0.4) is 0 Å². The van der Waals surface area contributed by atoms with Crippen molar-refractivity contribution in [1.29, 1.82) is 0 Å². The number of hydrogen-bond donors (Lipinski definition) is 1. The minimum Gasteiger partial charge on any atom is -0.371 e. The van der Waals surface area contributed by atoms with Gasteiger partial charge < -0.3 is 34.2 Å². The van der Waals surface area contributed by atoms with Gasteiger partial charge in [-0.2, -0.15) is 0 Å². The van der Waals surface area contributed by atoms with Gasteiger partial charge in [-0.1, -0.05) is 12.2 Å². The van der Waals surface area contributed by atoms with E-state index in [4.69, 9.17) is 34.2 Å². The molecule has 4 rings (SSSR count). The minimum atomic E-state index is -0.889. The fourth-order valence-corrected chi connectivity index (χ4v) is 5.00. The van der Waals surface area contributed by atoms with Crippen LogP contribution >= 0.6 is 0 Å². The zero-order chi connectivity index (χ0) is 20.6. The molecular formula is C22H35NO6. The van der Waals surface area contributed by atoms with Gasteiger partial charge in [0, 0.05) is 12.8 Å². The van der Waals surface area contributed by atoms with Crippen LogP contribution in [-0.2, 0) is 28.4 Å². The predicted octanol–water partition coefficient (Wildman–Crippen LogP) is 2.43. The maximum Gasteiger partial charge on any atom is 0.163 e. The van der Waals surface area contributed by atoms with Gasteiger partial charge in [0.2, 0.25) is 0 Å². The molecule has 0 aromatic heterocycles. The van der Waals surface area contributed by atoms with Crippen molar-refractivity contribution in [3.63, 3.8) is 0 Å². The molecule has 29 heavy (non-hydrogen) atoms. The smallest absolute Gasteiger partial charge is 0.163 e. The molecule has 8 atom stereocenters. The summed E-state index contributed by atoms with van der Waals surface area (Å²) < 4.78 is 37.1. The van der Waals surface area contributed by atoms with Crippen molar-refractivity contribution in [2.24, 2.45) is 5.73 Å². The Bertz CT molecular complexity index is 612. The average molecular weight is 410 g/mol. The Morgan fingerprint density at radius 3 is 2.52 bits per heavy atom. The van der Waals surface area contributed by atoms with Crippen molar-refractivity contribution < 1.29 is 28.4 Å². The number of rotatable bonds is 5. The SMILES string of the molecule is C=CCO[C@@H]1C[C@]2(N)O[C@@H]3CC[C@@H]4OC(C)(C)OCC4OC3CC2OC1CC=C. The first kappa shape index (κ1) is 21.4. The molecule has 4 aliphatic rings.